The van der Waals surface area contributed by atoms with Gasteiger partial charge in [-0.1, -0.05) is 126 Å². The number of rotatable bonds is 50. The van der Waals surface area contributed by atoms with Crippen LogP contribution in [0.4, 0.5) is 37.1 Å². The molecule has 2 aliphatic carbocycles. The number of hydrogen-bond acceptors (Lipinski definition) is 31. The summed E-state index contributed by atoms with van der Waals surface area (Å²) in [5.74, 6) is -7.77. The SMILES string of the molecule is C=CCOC(=O)N1C[C@@H]2Cc3ccccc3CN2C(=O)c2cc(OC)c(OCCCCCOc3cc(NC(=O)OCc4ccc(NC(=O)[C@H](CO[C@@H]5O[C@H](C(=O)OC)[C@@H](OC(C)=O)[C@H](OC(C)=O)[C@H]5OC(C)=O)NC(=O)[C@@H](NC(C)=O)C(C)C)cc4NC(=O)CCOCCOCCOCCOCCNC(=O)OCC4c5ccccc5-c5ccccc54)c(C(=O)N4CC5(CC5)C[C@H]4CO[Si](C)(C)C(C)(C)C)cc3OC)cc21. The van der Waals surface area contributed by atoms with Gasteiger partial charge in [0.1, 0.15) is 31.9 Å². The second-order valence-electron chi connectivity index (χ2n) is 38.3. The zero-order valence-electron chi connectivity index (χ0n) is 85.2. The molecule has 0 radical (unpaired) electrons. The molecule has 41 heteroatoms. The highest BCUT2D eigenvalue weighted by molar-refractivity contribution is 6.74. The number of anilines is 4. The molecule has 3 fully saturated rings. The summed E-state index contributed by atoms with van der Waals surface area (Å²) >= 11 is 0. The Bertz CT molecular complexity index is 5610. The number of methoxy groups -OCH3 is 3. The zero-order valence-corrected chi connectivity index (χ0v) is 86.2. The molecule has 12 rings (SSSR count). The number of nitrogens with zero attached hydrogens (tertiary/aromatic N) is 3. The Morgan fingerprint density at radius 3 is 1.84 bits per heavy atom. The van der Waals surface area contributed by atoms with E-state index in [1.54, 1.807) is 35.8 Å². The number of esters is 4. The van der Waals surface area contributed by atoms with Gasteiger partial charge in [0.25, 0.3) is 11.8 Å². The van der Waals surface area contributed by atoms with Crippen LogP contribution in [-0.2, 0) is 124 Å². The third-order valence-electron chi connectivity index (χ3n) is 26.4. The van der Waals surface area contributed by atoms with Crippen LogP contribution in [0.3, 0.4) is 0 Å². The molecule has 1 spiro atoms. The molecule has 6 aliphatic rings. The fourth-order valence-electron chi connectivity index (χ4n) is 17.7. The van der Waals surface area contributed by atoms with Crippen LogP contribution in [-0.4, -0.2) is 284 Å². The lowest BCUT2D eigenvalue weighted by molar-refractivity contribution is -0.302. The van der Waals surface area contributed by atoms with Crippen molar-refractivity contribution in [3.05, 3.63) is 167 Å². The van der Waals surface area contributed by atoms with Gasteiger partial charge in [-0.2, -0.15) is 0 Å². The van der Waals surface area contributed by atoms with Gasteiger partial charge in [-0.25, -0.2) is 19.2 Å². The van der Waals surface area contributed by atoms with Gasteiger partial charge >= 0.3 is 42.2 Å². The highest BCUT2D eigenvalue weighted by atomic mass is 28.4. The van der Waals surface area contributed by atoms with Gasteiger partial charge in [-0.15, -0.1) is 0 Å². The number of benzene rings is 6. The Morgan fingerprint density at radius 1 is 0.610 bits per heavy atom. The Hall–Kier alpha value is -13.3. The van der Waals surface area contributed by atoms with Crippen LogP contribution >= 0.6 is 0 Å². The van der Waals surface area contributed by atoms with Gasteiger partial charge in [0, 0.05) is 82.3 Å². The molecule has 146 heavy (non-hydrogen) atoms. The summed E-state index contributed by atoms with van der Waals surface area (Å²) in [5, 5.41) is 16.1. The molecule has 790 valence electrons. The molecule has 9 atom stereocenters. The number of amides is 9. The van der Waals surface area contributed by atoms with Crippen molar-refractivity contribution >= 4 is 109 Å². The van der Waals surface area contributed by atoms with Crippen molar-refractivity contribution in [1.82, 2.24) is 25.8 Å². The first-order valence-corrected chi connectivity index (χ1v) is 51.9. The molecule has 6 aromatic carbocycles. The normalized spacial score (nSPS) is 18.3. The van der Waals surface area contributed by atoms with E-state index >= 15 is 9.59 Å². The number of likely N-dealkylation sites (tertiary alicyclic amines) is 1. The van der Waals surface area contributed by atoms with E-state index in [1.165, 1.54) is 62.5 Å². The Kier molecular flexibility index (Phi) is 39.8. The monoisotopic (exact) mass is 2050 g/mol. The maximum Gasteiger partial charge on any atom is 0.414 e. The molecule has 0 bridgehead atoms. The maximum absolute atomic E-state index is 15.6. The third-order valence-corrected chi connectivity index (χ3v) is 30.9. The molecule has 4 heterocycles. The molecule has 6 aromatic rings. The molecular formula is C105H135N9O31Si. The van der Waals surface area contributed by atoms with Crippen LogP contribution in [0.2, 0.25) is 18.1 Å². The first-order chi connectivity index (χ1) is 69.9. The maximum atomic E-state index is 15.6. The number of carbonyl (C=O) groups excluding carboxylic acids is 13. The summed E-state index contributed by atoms with van der Waals surface area (Å²) < 4.78 is 105. The van der Waals surface area contributed by atoms with Crippen molar-refractivity contribution < 1.29 is 147 Å². The van der Waals surface area contributed by atoms with E-state index in [-0.39, 0.29) is 191 Å². The number of hydrogen-bond donors (Lipinski definition) is 6. The standard InChI is InChI=1S/C105H135N9O31Si/c1-16-38-137-103(127)113-57-72-49-68-26-18-19-27-69(68)56-112(72)98(123)79-52-86(129-12)88(54-84(79)113)136-40-25-17-24-39-135-87-53-82(78(51-85(87)128-11)97(122)114-62-105(35-36-105)55-73(114)59-141-146(14,15)104(8,9)10)111-102(126)139-58-70-32-33-71(108-95(120)83(110-96(121)90(63(2)3)107-64(4)115)61-138-100-94(144-67(7)118)92(143-66(6)117)91(142-65(5)116)93(145-100)99(124)130-13)50-81(70)109-89(119)34-41-131-43-45-133-47-48-134-46-44-132-42-37-106-101(125)140-60-80-76-30-22-20-28-74(76)75-29-21-23-31-77(75)80/h16,18-23,26-33,50-54,63,72-73,80,83,90-94,100H,1,17,24-25,34-49,55-62H2,2-15H3,(H,106,125)(H,107,115)(H,108,120)(H,109,119)(H,110,121)(H,111,126)/t72-,73-,83-,90-,91-,92-,93-,94+,100+/m0/s1. The summed E-state index contributed by atoms with van der Waals surface area (Å²) in [6.45, 7) is 23.3. The largest absolute Gasteiger partial charge is 0.493 e. The van der Waals surface area contributed by atoms with Crippen LogP contribution in [0.25, 0.3) is 11.1 Å². The fraction of sp³-hybridized carbons (Fsp3) is 0.514. The topological polar surface area (TPSA) is 470 Å². The van der Waals surface area contributed by atoms with Crippen LogP contribution in [0.5, 0.6) is 23.0 Å². The molecule has 9 amide bonds. The molecule has 4 aliphatic heterocycles. The van der Waals surface area contributed by atoms with E-state index in [0.29, 0.717) is 56.6 Å². The molecule has 2 saturated heterocycles. The average molecular weight is 2050 g/mol. The van der Waals surface area contributed by atoms with E-state index < -0.39 is 142 Å². The second-order valence-corrected chi connectivity index (χ2v) is 43.1. The van der Waals surface area contributed by atoms with Crippen molar-refractivity contribution in [2.24, 2.45) is 11.3 Å². The average Bonchev–Trinajstić information content (AvgIpc) is 1.59. The predicted molar refractivity (Wildman–Crippen MR) is 534 cm³/mol. The Balaban J connectivity index is 0.734. The van der Waals surface area contributed by atoms with E-state index in [9.17, 15) is 52.7 Å². The van der Waals surface area contributed by atoms with Gasteiger partial charge in [0.15, 0.2) is 62.0 Å². The Labute approximate surface area is 849 Å². The molecule has 0 aromatic heterocycles. The first-order valence-electron chi connectivity index (χ1n) is 49.0. The number of alkyl carbamates (subject to hydrolysis) is 1. The molecule has 40 nitrogen and oxygen atoms in total. The minimum atomic E-state index is -2.35. The van der Waals surface area contributed by atoms with Gasteiger partial charge in [0.2, 0.25) is 23.6 Å². The minimum absolute atomic E-state index is 0.0171. The first kappa shape index (κ1) is 111. The van der Waals surface area contributed by atoms with E-state index in [1.807, 2.05) is 48.5 Å². The molecular weight excluding hydrogens is 1910 g/mol. The highest BCUT2D eigenvalue weighted by Crippen LogP contribution is 2.56. The van der Waals surface area contributed by atoms with E-state index in [0.717, 1.165) is 74.1 Å². The van der Waals surface area contributed by atoms with Gasteiger partial charge in [0.05, 0.1) is 148 Å². The number of ether oxygens (including phenoxy) is 17. The summed E-state index contributed by atoms with van der Waals surface area (Å²) in [6, 6.07) is 30.6. The predicted octanol–water partition coefficient (Wildman–Crippen LogP) is 12.0. The van der Waals surface area contributed by atoms with Gasteiger partial charge < -0.3 is 121 Å². The van der Waals surface area contributed by atoms with Crippen LogP contribution in [0, 0.1) is 11.3 Å². The lowest BCUT2D eigenvalue weighted by atomic mass is 9.93. The highest BCUT2D eigenvalue weighted by Gasteiger charge is 2.57. The zero-order chi connectivity index (χ0) is 105. The number of unbranched alkanes of at least 4 members (excludes halogenated alkanes) is 2. The van der Waals surface area contributed by atoms with E-state index in [4.69, 9.17) is 85.0 Å². The van der Waals surface area contributed by atoms with Gasteiger partial charge in [-0.3, -0.25) is 53.4 Å². The summed E-state index contributed by atoms with van der Waals surface area (Å²) in [4.78, 5) is 184. The summed E-state index contributed by atoms with van der Waals surface area (Å²) in [6.07, 6.45) is -5.86. The second kappa shape index (κ2) is 52.2. The smallest absolute Gasteiger partial charge is 0.414 e. The molecule has 0 unspecified atom stereocenters. The van der Waals surface area contributed by atoms with Crippen molar-refractivity contribution in [2.75, 3.05) is 154 Å². The van der Waals surface area contributed by atoms with Crippen molar-refractivity contribution in [2.45, 2.75) is 206 Å². The number of fused-ring (bicyclic) bond motifs is 6. The third kappa shape index (κ3) is 29.8. The van der Waals surface area contributed by atoms with Crippen molar-refractivity contribution in [3.8, 4) is 34.1 Å². The molecule has 6 N–H and O–H groups in total. The number of carbonyl (C=O) groups is 13. The fourth-order valence-corrected chi connectivity index (χ4v) is 18.7. The van der Waals surface area contributed by atoms with Crippen molar-refractivity contribution in [1.29, 1.82) is 0 Å². The van der Waals surface area contributed by atoms with Crippen LogP contribution in [0.1, 0.15) is 162 Å². The lowest BCUT2D eigenvalue weighted by Gasteiger charge is -2.43. The number of nitrogens with one attached hydrogen (secondary N) is 6. The Morgan fingerprint density at radius 2 is 1.22 bits per heavy atom. The lowest BCUT2D eigenvalue weighted by Crippen LogP contribution is -2.64. The molecule has 1 saturated carbocycles. The van der Waals surface area contributed by atoms with Crippen molar-refractivity contribution in [3.63, 3.8) is 0 Å². The summed E-state index contributed by atoms with van der Waals surface area (Å²) in [5.41, 5.74) is 7.07. The van der Waals surface area contributed by atoms with E-state index in [2.05, 4.69) is 96.6 Å². The summed E-state index contributed by atoms with van der Waals surface area (Å²) in [7, 11) is 1.53. The quantitative estimate of drug-likeness (QED) is 0.00679. The van der Waals surface area contributed by atoms with Crippen LogP contribution in [0.15, 0.2) is 128 Å². The van der Waals surface area contributed by atoms with Gasteiger partial charge in [-0.05, 0) is 132 Å². The minimum Gasteiger partial charge on any atom is -0.493 e. The van der Waals surface area contributed by atoms with Crippen LogP contribution < -0.4 is 55.7 Å².